The first-order valence-electron chi connectivity index (χ1n) is 7.46. The number of carbonyl (C=O) groups excluding carboxylic acids is 1. The molecule has 2 N–H and O–H groups in total. The molecule has 1 aliphatic rings. The third-order valence-electron chi connectivity index (χ3n) is 4.15. The van der Waals surface area contributed by atoms with Gasteiger partial charge >= 0.3 is 0 Å². The second kappa shape index (κ2) is 6.45. The molecule has 2 aromatic rings. The Morgan fingerprint density at radius 2 is 2.25 bits per heavy atom. The van der Waals surface area contributed by atoms with Gasteiger partial charge in [-0.25, -0.2) is 8.78 Å². The summed E-state index contributed by atoms with van der Waals surface area (Å²) in [5, 5.41) is 12.7. The summed E-state index contributed by atoms with van der Waals surface area (Å²) in [4.78, 5) is 16.4. The molecule has 0 aliphatic heterocycles. The zero-order chi connectivity index (χ0) is 17.3. The molecule has 0 unspecified atom stereocenters. The van der Waals surface area contributed by atoms with Crippen LogP contribution in [0, 0.1) is 5.82 Å². The zero-order valence-electron chi connectivity index (χ0n) is 12.6. The van der Waals surface area contributed by atoms with Crippen molar-refractivity contribution in [1.82, 2.24) is 10.3 Å². The van der Waals surface area contributed by atoms with Gasteiger partial charge in [-0.3, -0.25) is 9.78 Å². The average Bonchev–Trinajstić information content (AvgIpc) is 2.59. The zero-order valence-corrected chi connectivity index (χ0v) is 13.4. The normalized spacial score (nSPS) is 22.8. The van der Waals surface area contributed by atoms with Crippen LogP contribution in [0.25, 0.3) is 0 Å². The molecule has 1 aliphatic carbocycles. The van der Waals surface area contributed by atoms with E-state index < -0.39 is 23.5 Å². The number of aromatic nitrogens is 1. The van der Waals surface area contributed by atoms with Gasteiger partial charge in [0.1, 0.15) is 5.82 Å². The average molecular weight is 353 g/mol. The fraction of sp³-hybridized carbons (Fsp3) is 0.294. The third kappa shape index (κ3) is 2.99. The first kappa shape index (κ1) is 16.8. The van der Waals surface area contributed by atoms with E-state index in [0.29, 0.717) is 5.56 Å². The minimum Gasteiger partial charge on any atom is -0.387 e. The largest absolute Gasteiger partial charge is 0.387 e. The summed E-state index contributed by atoms with van der Waals surface area (Å²) in [5.74, 6) is -1.35. The highest BCUT2D eigenvalue weighted by Crippen LogP contribution is 2.42. The number of benzene rings is 1. The number of aliphatic hydroxyl groups is 1. The smallest absolute Gasteiger partial charge is 0.262 e. The van der Waals surface area contributed by atoms with E-state index in [9.17, 15) is 14.3 Å². The molecule has 2 atom stereocenters. The van der Waals surface area contributed by atoms with Crippen LogP contribution in [0.5, 0.6) is 0 Å². The van der Waals surface area contributed by atoms with Gasteiger partial charge in [-0.15, -0.1) is 0 Å². The van der Waals surface area contributed by atoms with E-state index in [1.54, 1.807) is 0 Å². The van der Waals surface area contributed by atoms with E-state index in [-0.39, 0.29) is 35.7 Å². The number of fused-ring (bicyclic) bond motifs is 1. The van der Waals surface area contributed by atoms with Crippen LogP contribution in [0.4, 0.5) is 8.78 Å². The third-order valence-corrected chi connectivity index (χ3v) is 4.52. The van der Waals surface area contributed by atoms with E-state index in [4.69, 9.17) is 11.6 Å². The van der Waals surface area contributed by atoms with Crippen molar-refractivity contribution < 1.29 is 18.7 Å². The highest BCUT2D eigenvalue weighted by molar-refractivity contribution is 6.31. The molecule has 4 nitrogen and oxygen atoms in total. The van der Waals surface area contributed by atoms with Gasteiger partial charge in [0.2, 0.25) is 5.67 Å². The molecule has 126 valence electrons. The van der Waals surface area contributed by atoms with Crippen molar-refractivity contribution in [2.24, 2.45) is 0 Å². The van der Waals surface area contributed by atoms with Crippen molar-refractivity contribution in [3.63, 3.8) is 0 Å². The van der Waals surface area contributed by atoms with E-state index in [2.05, 4.69) is 10.3 Å². The van der Waals surface area contributed by atoms with Gasteiger partial charge in [0.25, 0.3) is 5.91 Å². The highest BCUT2D eigenvalue weighted by atomic mass is 35.5. The van der Waals surface area contributed by atoms with Crippen molar-refractivity contribution in [3.8, 4) is 0 Å². The number of hydrogen-bond acceptors (Lipinski definition) is 3. The molecule has 0 saturated heterocycles. The standard InChI is InChI=1S/C17H15ClF2N2O2/c18-13-4-3-11(19)8-10(13)9-22-16(24)17(20)6-5-14(23)15-12(17)2-1-7-21-15/h1-4,7-8,14,23H,5-6,9H2,(H,22,24)/t14-,17-/m0/s1. The van der Waals surface area contributed by atoms with Crippen LogP contribution in [0.2, 0.25) is 5.02 Å². The fourth-order valence-corrected chi connectivity index (χ4v) is 3.04. The maximum Gasteiger partial charge on any atom is 0.262 e. The van der Waals surface area contributed by atoms with Gasteiger partial charge in [0.05, 0.1) is 11.8 Å². The fourth-order valence-electron chi connectivity index (χ4n) is 2.86. The molecule has 0 saturated carbocycles. The Morgan fingerprint density at radius 3 is 3.04 bits per heavy atom. The topological polar surface area (TPSA) is 62.2 Å². The maximum absolute atomic E-state index is 15.3. The molecular weight excluding hydrogens is 338 g/mol. The Morgan fingerprint density at radius 1 is 1.46 bits per heavy atom. The first-order chi connectivity index (χ1) is 11.4. The highest BCUT2D eigenvalue weighted by Gasteiger charge is 2.46. The number of amides is 1. The molecule has 1 heterocycles. The number of nitrogens with zero attached hydrogens (tertiary/aromatic N) is 1. The maximum atomic E-state index is 15.3. The van der Waals surface area contributed by atoms with Crippen LogP contribution in [-0.2, 0) is 17.0 Å². The number of hydrogen-bond donors (Lipinski definition) is 2. The Bertz CT molecular complexity index is 787. The molecule has 0 fully saturated rings. The Kier molecular flexibility index (Phi) is 4.51. The number of nitrogens with one attached hydrogen (secondary N) is 1. The van der Waals surface area contributed by atoms with Crippen LogP contribution in [-0.4, -0.2) is 16.0 Å². The molecule has 0 radical (unpaired) electrons. The summed E-state index contributed by atoms with van der Waals surface area (Å²) in [6.07, 6.45) is 0.484. The molecule has 0 bridgehead atoms. The lowest BCUT2D eigenvalue weighted by Crippen LogP contribution is -2.44. The number of alkyl halides is 1. The number of halogens is 3. The van der Waals surface area contributed by atoms with Crippen LogP contribution in [0.15, 0.2) is 36.5 Å². The molecule has 7 heteroatoms. The van der Waals surface area contributed by atoms with Gasteiger partial charge in [0, 0.05) is 23.3 Å². The summed E-state index contributed by atoms with van der Waals surface area (Å²) < 4.78 is 28.6. The van der Waals surface area contributed by atoms with E-state index >= 15 is 4.39 Å². The minimum absolute atomic E-state index is 0.0617. The van der Waals surface area contributed by atoms with Crippen molar-refractivity contribution in [1.29, 1.82) is 0 Å². The van der Waals surface area contributed by atoms with Crippen molar-refractivity contribution in [2.45, 2.75) is 31.2 Å². The molecule has 0 spiro atoms. The van der Waals surface area contributed by atoms with Gasteiger partial charge in [0.15, 0.2) is 0 Å². The van der Waals surface area contributed by atoms with E-state index in [1.807, 2.05) is 0 Å². The Balaban J connectivity index is 1.82. The number of carbonyl (C=O) groups is 1. The monoisotopic (exact) mass is 352 g/mol. The quantitative estimate of drug-likeness (QED) is 0.891. The summed E-state index contributed by atoms with van der Waals surface area (Å²) in [7, 11) is 0. The number of rotatable bonds is 3. The SMILES string of the molecule is O=C(NCc1cc(F)ccc1Cl)[C@]1(F)CC[C@H](O)c2ncccc21. The molecule has 3 rings (SSSR count). The Labute approximate surface area is 142 Å². The lowest BCUT2D eigenvalue weighted by molar-refractivity contribution is -0.135. The second-order valence-electron chi connectivity index (χ2n) is 5.71. The second-order valence-corrected chi connectivity index (χ2v) is 6.12. The molecule has 1 aromatic carbocycles. The molecule has 1 amide bonds. The lowest BCUT2D eigenvalue weighted by atomic mass is 9.81. The summed E-state index contributed by atoms with van der Waals surface area (Å²) in [5.41, 5.74) is -1.70. The predicted octanol–water partition coefficient (Wildman–Crippen LogP) is 3.18. The molecular formula is C17H15ClF2N2O2. The van der Waals surface area contributed by atoms with Gasteiger partial charge < -0.3 is 10.4 Å². The number of aliphatic hydroxyl groups excluding tert-OH is 1. The van der Waals surface area contributed by atoms with Gasteiger partial charge in [-0.1, -0.05) is 17.7 Å². The first-order valence-corrected chi connectivity index (χ1v) is 7.84. The van der Waals surface area contributed by atoms with Gasteiger partial charge in [-0.05, 0) is 42.7 Å². The van der Waals surface area contributed by atoms with Crippen molar-refractivity contribution in [3.05, 3.63) is 64.2 Å². The Hall–Kier alpha value is -2.05. The minimum atomic E-state index is -2.29. The van der Waals surface area contributed by atoms with E-state index in [0.717, 1.165) is 0 Å². The van der Waals surface area contributed by atoms with Crippen molar-refractivity contribution >= 4 is 17.5 Å². The van der Waals surface area contributed by atoms with Crippen LogP contribution >= 0.6 is 11.6 Å². The summed E-state index contributed by atoms with van der Waals surface area (Å²) in [6.45, 7) is -0.0980. The van der Waals surface area contributed by atoms with Crippen LogP contribution < -0.4 is 5.32 Å². The van der Waals surface area contributed by atoms with Crippen LogP contribution in [0.1, 0.15) is 35.8 Å². The lowest BCUT2D eigenvalue weighted by Gasteiger charge is -2.32. The summed E-state index contributed by atoms with van der Waals surface area (Å²) >= 11 is 5.95. The molecule has 1 aromatic heterocycles. The predicted molar refractivity (Wildman–Crippen MR) is 84.5 cm³/mol. The summed E-state index contributed by atoms with van der Waals surface area (Å²) in [6, 6.07) is 6.73. The van der Waals surface area contributed by atoms with Crippen LogP contribution in [0.3, 0.4) is 0 Å². The van der Waals surface area contributed by atoms with Crippen molar-refractivity contribution in [2.75, 3.05) is 0 Å². The van der Waals surface area contributed by atoms with Gasteiger partial charge in [-0.2, -0.15) is 0 Å². The number of pyridine rings is 1. The van der Waals surface area contributed by atoms with E-state index in [1.165, 1.54) is 36.5 Å². The molecule has 24 heavy (non-hydrogen) atoms.